The van der Waals surface area contributed by atoms with Gasteiger partial charge in [0.15, 0.2) is 9.84 Å². The highest BCUT2D eigenvalue weighted by atomic mass is 32.2. The van der Waals surface area contributed by atoms with Crippen LogP contribution in [0.4, 0.5) is 0 Å². The Balaban J connectivity index is 1.82. The van der Waals surface area contributed by atoms with Gasteiger partial charge in [0.1, 0.15) is 13.1 Å². The predicted octanol–water partition coefficient (Wildman–Crippen LogP) is 1.78. The predicted molar refractivity (Wildman–Crippen MR) is 84.9 cm³/mol. The summed E-state index contributed by atoms with van der Waals surface area (Å²) in [5.74, 6) is 0.426. The molecule has 0 radical (unpaired) electrons. The van der Waals surface area contributed by atoms with E-state index in [0.29, 0.717) is 0 Å². The normalized spacial score (nSPS) is 18.6. The summed E-state index contributed by atoms with van der Waals surface area (Å²) in [5, 5.41) is 0. The summed E-state index contributed by atoms with van der Waals surface area (Å²) < 4.78 is 30.7. The van der Waals surface area contributed by atoms with Crippen LogP contribution in [0, 0.1) is 6.92 Å². The van der Waals surface area contributed by atoms with Gasteiger partial charge in [-0.3, -0.25) is 0 Å². The van der Waals surface area contributed by atoms with Gasteiger partial charge in [-0.2, -0.15) is 0 Å². The van der Waals surface area contributed by atoms with Crippen molar-refractivity contribution in [2.75, 3.05) is 45.6 Å². The number of hydrogen-bond acceptors (Lipinski definition) is 3. The van der Waals surface area contributed by atoms with Crippen LogP contribution in [0.2, 0.25) is 0 Å². The molecule has 21 heavy (non-hydrogen) atoms. The number of quaternary nitrogens is 1. The first-order valence-electron chi connectivity index (χ1n) is 7.56. The highest BCUT2D eigenvalue weighted by Gasteiger charge is 2.25. The molecule has 0 atom stereocenters. The third-order valence-electron chi connectivity index (χ3n) is 4.21. The number of likely N-dealkylation sites (N-methyl/N-ethyl adjacent to an activating group) is 1. The lowest BCUT2D eigenvalue weighted by molar-refractivity contribution is -0.916. The number of ether oxygens (including phenoxy) is 1. The van der Waals surface area contributed by atoms with Crippen molar-refractivity contribution in [3.05, 3.63) is 35.4 Å². The monoisotopic (exact) mass is 312 g/mol. The maximum absolute atomic E-state index is 12.2. The van der Waals surface area contributed by atoms with Crippen LogP contribution in [0.5, 0.6) is 0 Å². The number of aryl methyl sites for hydroxylation is 1. The molecule has 1 aliphatic heterocycles. The number of hydrogen-bond donors (Lipinski definition) is 0. The Labute approximate surface area is 128 Å². The average molecular weight is 312 g/mol. The van der Waals surface area contributed by atoms with E-state index in [1.165, 1.54) is 0 Å². The molecule has 1 fully saturated rings. The van der Waals surface area contributed by atoms with E-state index in [1.807, 2.05) is 31.2 Å². The molecule has 0 aromatic heterocycles. The van der Waals surface area contributed by atoms with Crippen molar-refractivity contribution in [1.82, 2.24) is 0 Å². The summed E-state index contributed by atoms with van der Waals surface area (Å²) in [7, 11) is -0.827. The lowest BCUT2D eigenvalue weighted by Gasteiger charge is -2.37. The van der Waals surface area contributed by atoms with Crippen molar-refractivity contribution in [1.29, 1.82) is 0 Å². The van der Waals surface area contributed by atoms with E-state index >= 15 is 0 Å². The van der Waals surface area contributed by atoms with Gasteiger partial charge < -0.3 is 9.22 Å². The zero-order valence-corrected chi connectivity index (χ0v) is 13.9. The maximum Gasteiger partial charge on any atom is 0.154 e. The molecule has 0 bridgehead atoms. The fraction of sp³-hybridized carbons (Fsp3) is 0.625. The summed E-state index contributed by atoms with van der Waals surface area (Å²) in [6, 6.07) is 7.74. The fourth-order valence-electron chi connectivity index (χ4n) is 2.68. The van der Waals surface area contributed by atoms with E-state index in [2.05, 4.69) is 7.05 Å². The second-order valence-corrected chi connectivity index (χ2v) is 8.52. The van der Waals surface area contributed by atoms with Crippen LogP contribution in [0.1, 0.15) is 17.5 Å². The molecule has 2 rings (SSSR count). The molecule has 5 heteroatoms. The minimum absolute atomic E-state index is 0.153. The van der Waals surface area contributed by atoms with Crippen molar-refractivity contribution < 1.29 is 17.6 Å². The zero-order valence-electron chi connectivity index (χ0n) is 13.0. The molecular weight excluding hydrogens is 286 g/mol. The Hall–Kier alpha value is -0.910. The van der Waals surface area contributed by atoms with Gasteiger partial charge in [-0.1, -0.05) is 29.8 Å². The molecular formula is C16H26NO3S+. The van der Waals surface area contributed by atoms with Crippen molar-refractivity contribution in [3.63, 3.8) is 0 Å². The molecule has 1 aliphatic rings. The summed E-state index contributed by atoms with van der Waals surface area (Å²) in [6.07, 6.45) is 0.727. The molecule has 0 saturated carbocycles. The van der Waals surface area contributed by atoms with E-state index in [4.69, 9.17) is 4.74 Å². The second kappa shape index (κ2) is 6.90. The quantitative estimate of drug-likeness (QED) is 0.752. The van der Waals surface area contributed by atoms with Crippen LogP contribution in [0.15, 0.2) is 24.3 Å². The minimum atomic E-state index is -3.02. The number of morpholine rings is 1. The van der Waals surface area contributed by atoms with Crippen LogP contribution in [0.3, 0.4) is 0 Å². The van der Waals surface area contributed by atoms with E-state index in [9.17, 15) is 8.42 Å². The molecule has 1 heterocycles. The van der Waals surface area contributed by atoms with Gasteiger partial charge in [0.25, 0.3) is 0 Å². The first kappa shape index (κ1) is 16.5. The SMILES string of the molecule is Cc1ccc(CS(=O)(=O)CCC[N+]2(C)CCOCC2)cc1. The smallest absolute Gasteiger partial charge is 0.154 e. The summed E-state index contributed by atoms with van der Waals surface area (Å²) in [6.45, 7) is 6.45. The van der Waals surface area contributed by atoms with Gasteiger partial charge in [0, 0.05) is 6.42 Å². The Kier molecular flexibility index (Phi) is 5.41. The number of nitrogens with zero attached hydrogens (tertiary/aromatic N) is 1. The molecule has 0 spiro atoms. The molecule has 0 N–H and O–H groups in total. The van der Waals surface area contributed by atoms with Gasteiger partial charge in [-0.05, 0) is 12.5 Å². The van der Waals surface area contributed by atoms with Crippen LogP contribution in [-0.4, -0.2) is 58.5 Å². The first-order valence-corrected chi connectivity index (χ1v) is 9.38. The third-order valence-corrected chi connectivity index (χ3v) is 5.90. The third kappa shape index (κ3) is 5.41. The summed E-state index contributed by atoms with van der Waals surface area (Å²) in [4.78, 5) is 0. The molecule has 0 aliphatic carbocycles. The molecule has 4 nitrogen and oxygen atoms in total. The molecule has 118 valence electrons. The highest BCUT2D eigenvalue weighted by Crippen LogP contribution is 2.12. The Morgan fingerprint density at radius 3 is 2.38 bits per heavy atom. The van der Waals surface area contributed by atoms with Crippen molar-refractivity contribution >= 4 is 9.84 Å². The van der Waals surface area contributed by atoms with Gasteiger partial charge in [-0.15, -0.1) is 0 Å². The van der Waals surface area contributed by atoms with Gasteiger partial charge in [0.05, 0.1) is 38.3 Å². The lowest BCUT2D eigenvalue weighted by atomic mass is 10.2. The largest absolute Gasteiger partial charge is 0.370 e. The van der Waals surface area contributed by atoms with E-state index in [1.54, 1.807) is 0 Å². The van der Waals surface area contributed by atoms with Crippen molar-refractivity contribution in [2.24, 2.45) is 0 Å². The van der Waals surface area contributed by atoms with Crippen LogP contribution >= 0.6 is 0 Å². The van der Waals surface area contributed by atoms with Gasteiger partial charge in [0.2, 0.25) is 0 Å². The average Bonchev–Trinajstić information content (AvgIpc) is 2.41. The van der Waals surface area contributed by atoms with Crippen molar-refractivity contribution in [2.45, 2.75) is 19.1 Å². The molecule has 1 aromatic rings. The molecule has 0 unspecified atom stereocenters. The highest BCUT2D eigenvalue weighted by molar-refractivity contribution is 7.90. The van der Waals surface area contributed by atoms with E-state index in [0.717, 1.165) is 54.9 Å². The minimum Gasteiger partial charge on any atom is -0.370 e. The summed E-state index contributed by atoms with van der Waals surface area (Å²) in [5.41, 5.74) is 2.04. The second-order valence-electron chi connectivity index (χ2n) is 6.33. The van der Waals surface area contributed by atoms with Crippen molar-refractivity contribution in [3.8, 4) is 0 Å². The standard InChI is InChI=1S/C16H26NO3S/c1-15-4-6-16(7-5-15)14-21(18,19)13-3-8-17(2)9-11-20-12-10-17/h4-7H,3,8-14H2,1-2H3/q+1. The molecule has 0 amide bonds. The molecule has 1 saturated heterocycles. The van der Waals surface area contributed by atoms with Gasteiger partial charge in [-0.25, -0.2) is 8.42 Å². The first-order chi connectivity index (χ1) is 9.89. The topological polar surface area (TPSA) is 43.4 Å². The zero-order chi connectivity index (χ0) is 15.3. The van der Waals surface area contributed by atoms with E-state index < -0.39 is 9.84 Å². The Bertz CT molecular complexity index is 545. The van der Waals surface area contributed by atoms with Crippen LogP contribution < -0.4 is 0 Å². The number of rotatable bonds is 6. The number of sulfone groups is 1. The summed E-state index contributed by atoms with van der Waals surface area (Å²) >= 11 is 0. The van der Waals surface area contributed by atoms with Crippen LogP contribution in [-0.2, 0) is 20.3 Å². The fourth-order valence-corrected chi connectivity index (χ4v) is 4.10. The number of benzene rings is 1. The Morgan fingerprint density at radius 1 is 1.14 bits per heavy atom. The maximum atomic E-state index is 12.2. The lowest BCUT2D eigenvalue weighted by Crippen LogP contribution is -2.52. The van der Waals surface area contributed by atoms with Crippen LogP contribution in [0.25, 0.3) is 0 Å². The van der Waals surface area contributed by atoms with E-state index in [-0.39, 0.29) is 11.5 Å². The van der Waals surface area contributed by atoms with Gasteiger partial charge >= 0.3 is 0 Å². The molecule has 1 aromatic carbocycles. The Morgan fingerprint density at radius 2 is 1.76 bits per heavy atom.